The minimum absolute atomic E-state index is 0.0568. The van der Waals surface area contributed by atoms with Gasteiger partial charge in [0.05, 0.1) is 17.3 Å². The Bertz CT molecular complexity index is 471. The van der Waals surface area contributed by atoms with Gasteiger partial charge in [0.2, 0.25) is 9.05 Å². The normalized spacial score (nSPS) is 31.9. The third-order valence-corrected chi connectivity index (χ3v) is 9.38. The minimum atomic E-state index is -3.56. The van der Waals surface area contributed by atoms with Crippen LogP contribution in [-0.2, 0) is 18.6 Å². The van der Waals surface area contributed by atoms with E-state index in [9.17, 15) is 13.2 Å². The summed E-state index contributed by atoms with van der Waals surface area (Å²) in [5.74, 6) is -0.196. The van der Waals surface area contributed by atoms with Crippen LogP contribution in [0.25, 0.3) is 0 Å². The summed E-state index contributed by atoms with van der Waals surface area (Å²) in [4.78, 5) is 12.4. The van der Waals surface area contributed by atoms with Crippen LogP contribution in [0.5, 0.6) is 0 Å². The SMILES string of the molecule is CCOC(=O)C1(C)CCC(S(=O)(=O)Cl)CC1[Si](C)(C)C. The van der Waals surface area contributed by atoms with Crippen molar-refractivity contribution in [2.75, 3.05) is 6.61 Å². The van der Waals surface area contributed by atoms with Crippen LogP contribution in [-0.4, -0.2) is 34.3 Å². The molecule has 4 nitrogen and oxygen atoms in total. The highest BCUT2D eigenvalue weighted by Crippen LogP contribution is 2.52. The lowest BCUT2D eigenvalue weighted by molar-refractivity contribution is -0.156. The first-order valence-corrected chi connectivity index (χ1v) is 13.0. The minimum Gasteiger partial charge on any atom is -0.466 e. The first-order valence-electron chi connectivity index (χ1n) is 7.03. The van der Waals surface area contributed by atoms with Gasteiger partial charge in [0, 0.05) is 18.8 Å². The molecule has 1 rings (SSSR count). The molecule has 1 aliphatic rings. The van der Waals surface area contributed by atoms with E-state index in [0.717, 1.165) is 0 Å². The summed E-state index contributed by atoms with van der Waals surface area (Å²) in [6.45, 7) is 10.6. The van der Waals surface area contributed by atoms with Gasteiger partial charge in [-0.3, -0.25) is 4.79 Å². The van der Waals surface area contributed by atoms with E-state index in [1.54, 1.807) is 6.92 Å². The lowest BCUT2D eigenvalue weighted by Gasteiger charge is -2.47. The van der Waals surface area contributed by atoms with Gasteiger partial charge in [0.15, 0.2) is 0 Å². The van der Waals surface area contributed by atoms with Gasteiger partial charge in [0.1, 0.15) is 0 Å². The molecule has 3 unspecified atom stereocenters. The standard InChI is InChI=1S/C13H25ClO4SSi/c1-6-18-12(15)13(2)8-7-10(19(14,16)17)9-11(13)20(3,4)5/h10-11H,6-9H2,1-5H3. The zero-order valence-corrected chi connectivity index (χ0v) is 15.5. The summed E-state index contributed by atoms with van der Waals surface area (Å²) in [7, 11) is 0.240. The molecule has 0 aromatic rings. The van der Waals surface area contributed by atoms with Crippen LogP contribution in [0.4, 0.5) is 0 Å². The lowest BCUT2D eigenvalue weighted by atomic mass is 9.75. The van der Waals surface area contributed by atoms with Gasteiger partial charge in [-0.15, -0.1) is 0 Å². The van der Waals surface area contributed by atoms with Gasteiger partial charge in [-0.1, -0.05) is 19.6 Å². The predicted molar refractivity (Wildman–Crippen MR) is 84.2 cm³/mol. The molecule has 1 saturated carbocycles. The molecular formula is C13H25ClO4SSi. The molecular weight excluding hydrogens is 316 g/mol. The second kappa shape index (κ2) is 5.97. The molecule has 0 saturated heterocycles. The molecule has 0 aromatic carbocycles. The molecule has 0 N–H and O–H groups in total. The van der Waals surface area contributed by atoms with Crippen molar-refractivity contribution in [3.63, 3.8) is 0 Å². The number of carbonyl (C=O) groups excluding carboxylic acids is 1. The molecule has 118 valence electrons. The van der Waals surface area contributed by atoms with Gasteiger partial charge in [0.25, 0.3) is 0 Å². The Hall–Kier alpha value is -0.0731. The maximum absolute atomic E-state index is 12.4. The Balaban J connectivity index is 3.12. The van der Waals surface area contributed by atoms with E-state index >= 15 is 0 Å². The summed E-state index contributed by atoms with van der Waals surface area (Å²) < 4.78 is 28.5. The fraction of sp³-hybridized carbons (Fsp3) is 0.923. The molecule has 1 fully saturated rings. The molecule has 0 heterocycles. The zero-order valence-electron chi connectivity index (χ0n) is 12.9. The number of ether oxygens (including phenoxy) is 1. The molecule has 0 aromatic heterocycles. The van der Waals surface area contributed by atoms with Crippen molar-refractivity contribution in [3.8, 4) is 0 Å². The van der Waals surface area contributed by atoms with Crippen molar-refractivity contribution in [2.45, 2.75) is 63.5 Å². The Morgan fingerprint density at radius 2 is 1.95 bits per heavy atom. The van der Waals surface area contributed by atoms with Gasteiger partial charge in [-0.25, -0.2) is 8.42 Å². The number of halogens is 1. The Labute approximate surface area is 127 Å². The van der Waals surface area contributed by atoms with Crippen molar-refractivity contribution in [3.05, 3.63) is 0 Å². The van der Waals surface area contributed by atoms with Crippen LogP contribution in [0, 0.1) is 5.41 Å². The average Bonchev–Trinajstić information content (AvgIpc) is 2.26. The molecule has 3 atom stereocenters. The monoisotopic (exact) mass is 340 g/mol. The highest BCUT2D eigenvalue weighted by atomic mass is 35.7. The predicted octanol–water partition coefficient (Wildman–Crippen LogP) is 3.39. The topological polar surface area (TPSA) is 60.4 Å². The number of rotatable bonds is 4. The molecule has 0 amide bonds. The van der Waals surface area contributed by atoms with E-state index in [1.807, 2.05) is 6.92 Å². The molecule has 0 spiro atoms. The fourth-order valence-electron chi connectivity index (χ4n) is 3.38. The van der Waals surface area contributed by atoms with Crippen LogP contribution in [0.3, 0.4) is 0 Å². The number of hydrogen-bond donors (Lipinski definition) is 0. The van der Waals surface area contributed by atoms with Crippen molar-refractivity contribution >= 4 is 33.8 Å². The van der Waals surface area contributed by atoms with E-state index in [0.29, 0.717) is 25.9 Å². The maximum atomic E-state index is 12.4. The molecule has 7 heteroatoms. The largest absolute Gasteiger partial charge is 0.466 e. The van der Waals surface area contributed by atoms with E-state index in [1.165, 1.54) is 0 Å². The van der Waals surface area contributed by atoms with Gasteiger partial charge < -0.3 is 4.74 Å². The Kier molecular flexibility index (Phi) is 5.36. The van der Waals surface area contributed by atoms with Crippen molar-refractivity contribution in [1.82, 2.24) is 0 Å². The summed E-state index contributed by atoms with van der Waals surface area (Å²) in [5.41, 5.74) is -0.528. The van der Waals surface area contributed by atoms with Crippen molar-refractivity contribution in [2.24, 2.45) is 5.41 Å². The van der Waals surface area contributed by atoms with E-state index in [4.69, 9.17) is 15.4 Å². The van der Waals surface area contributed by atoms with E-state index < -0.39 is 27.8 Å². The van der Waals surface area contributed by atoms with Gasteiger partial charge in [-0.05, 0) is 38.7 Å². The summed E-state index contributed by atoms with van der Waals surface area (Å²) in [6.07, 6.45) is 1.43. The number of esters is 1. The average molecular weight is 341 g/mol. The summed E-state index contributed by atoms with van der Waals surface area (Å²) >= 11 is 0. The quantitative estimate of drug-likeness (QED) is 0.447. The lowest BCUT2D eigenvalue weighted by Crippen LogP contribution is -2.50. The molecule has 0 radical (unpaired) electrons. The second-order valence-electron chi connectivity index (χ2n) is 6.93. The molecule has 0 bridgehead atoms. The maximum Gasteiger partial charge on any atom is 0.311 e. The summed E-state index contributed by atoms with van der Waals surface area (Å²) in [6, 6.07) is 0. The van der Waals surface area contributed by atoms with Gasteiger partial charge >= 0.3 is 5.97 Å². The zero-order chi connectivity index (χ0) is 15.8. The van der Waals surface area contributed by atoms with Gasteiger partial charge in [-0.2, -0.15) is 0 Å². The van der Waals surface area contributed by atoms with Crippen LogP contribution in [0.2, 0.25) is 25.2 Å². The molecule has 0 aliphatic heterocycles. The second-order valence-corrected chi connectivity index (χ2v) is 15.3. The first-order chi connectivity index (χ1) is 8.93. The molecule has 1 aliphatic carbocycles. The van der Waals surface area contributed by atoms with Crippen LogP contribution < -0.4 is 0 Å². The van der Waals surface area contributed by atoms with E-state index in [-0.39, 0.29) is 11.5 Å². The Morgan fingerprint density at radius 3 is 2.35 bits per heavy atom. The van der Waals surface area contributed by atoms with Crippen LogP contribution in [0.1, 0.15) is 33.1 Å². The summed E-state index contributed by atoms with van der Waals surface area (Å²) in [5, 5.41) is -0.539. The Morgan fingerprint density at radius 1 is 1.40 bits per heavy atom. The van der Waals surface area contributed by atoms with Crippen molar-refractivity contribution < 1.29 is 17.9 Å². The number of carbonyl (C=O) groups is 1. The third-order valence-electron chi connectivity index (χ3n) is 4.44. The molecule has 20 heavy (non-hydrogen) atoms. The fourth-order valence-corrected chi connectivity index (χ4v) is 8.02. The highest BCUT2D eigenvalue weighted by Gasteiger charge is 2.53. The van der Waals surface area contributed by atoms with Crippen molar-refractivity contribution in [1.29, 1.82) is 0 Å². The first kappa shape index (κ1) is 18.0. The third kappa shape index (κ3) is 3.77. The van der Waals surface area contributed by atoms with Crippen LogP contribution >= 0.6 is 10.7 Å². The number of hydrogen-bond acceptors (Lipinski definition) is 4. The van der Waals surface area contributed by atoms with E-state index in [2.05, 4.69) is 19.6 Å². The van der Waals surface area contributed by atoms with Crippen LogP contribution in [0.15, 0.2) is 0 Å². The highest BCUT2D eigenvalue weighted by molar-refractivity contribution is 8.14. The smallest absolute Gasteiger partial charge is 0.311 e.